The minimum absolute atomic E-state index is 0.229. The van der Waals surface area contributed by atoms with E-state index >= 15 is 0 Å². The SMILES string of the molecule is CCC(CC)CS(=O)(=O)N1CC[C@H](O)C1. The van der Waals surface area contributed by atoms with Crippen LogP contribution < -0.4 is 0 Å². The van der Waals surface area contributed by atoms with Gasteiger partial charge >= 0.3 is 0 Å². The van der Waals surface area contributed by atoms with E-state index in [2.05, 4.69) is 0 Å². The third-order valence-corrected chi connectivity index (χ3v) is 5.13. The van der Waals surface area contributed by atoms with Gasteiger partial charge in [0.25, 0.3) is 0 Å². The van der Waals surface area contributed by atoms with Gasteiger partial charge in [0.1, 0.15) is 0 Å². The predicted octanol–water partition coefficient (Wildman–Crippen LogP) is 0.819. The highest BCUT2D eigenvalue weighted by Crippen LogP contribution is 2.18. The second kappa shape index (κ2) is 5.27. The zero-order valence-corrected chi connectivity index (χ0v) is 10.3. The minimum Gasteiger partial charge on any atom is -0.392 e. The lowest BCUT2D eigenvalue weighted by atomic mass is 10.1. The molecule has 0 bridgehead atoms. The van der Waals surface area contributed by atoms with Crippen LogP contribution >= 0.6 is 0 Å². The van der Waals surface area contributed by atoms with Crippen LogP contribution in [0.25, 0.3) is 0 Å². The van der Waals surface area contributed by atoms with Crippen LogP contribution in [0.3, 0.4) is 0 Å². The summed E-state index contributed by atoms with van der Waals surface area (Å²) in [6.45, 7) is 4.79. The van der Waals surface area contributed by atoms with Gasteiger partial charge in [-0.25, -0.2) is 8.42 Å². The Balaban J connectivity index is 2.59. The lowest BCUT2D eigenvalue weighted by Gasteiger charge is -2.19. The average molecular weight is 235 g/mol. The number of hydrogen-bond donors (Lipinski definition) is 1. The monoisotopic (exact) mass is 235 g/mol. The zero-order chi connectivity index (χ0) is 11.5. The molecule has 0 aromatic rings. The maximum Gasteiger partial charge on any atom is 0.214 e. The first-order valence-electron chi connectivity index (χ1n) is 5.65. The molecular weight excluding hydrogens is 214 g/mol. The summed E-state index contributed by atoms with van der Waals surface area (Å²) in [6, 6.07) is 0. The molecule has 5 heteroatoms. The summed E-state index contributed by atoms with van der Waals surface area (Å²) in [7, 11) is -3.14. The lowest BCUT2D eigenvalue weighted by Crippen LogP contribution is -2.34. The number of aliphatic hydroxyl groups is 1. The summed E-state index contributed by atoms with van der Waals surface area (Å²) in [5, 5.41) is 9.31. The van der Waals surface area contributed by atoms with Crippen molar-refractivity contribution in [3.8, 4) is 0 Å². The molecule has 1 fully saturated rings. The molecule has 0 unspecified atom stereocenters. The Morgan fingerprint density at radius 3 is 2.40 bits per heavy atom. The molecule has 0 saturated carbocycles. The molecule has 0 spiro atoms. The van der Waals surface area contributed by atoms with Gasteiger partial charge in [0, 0.05) is 13.1 Å². The first-order chi connectivity index (χ1) is 6.99. The quantitative estimate of drug-likeness (QED) is 0.767. The summed E-state index contributed by atoms with van der Waals surface area (Å²) in [5.74, 6) is 0.472. The molecule has 0 aromatic heterocycles. The van der Waals surface area contributed by atoms with E-state index in [1.807, 2.05) is 13.8 Å². The number of sulfonamides is 1. The van der Waals surface area contributed by atoms with Crippen molar-refractivity contribution in [2.24, 2.45) is 5.92 Å². The molecule has 0 aliphatic carbocycles. The minimum atomic E-state index is -3.14. The molecule has 1 aliphatic rings. The zero-order valence-electron chi connectivity index (χ0n) is 9.52. The van der Waals surface area contributed by atoms with Crippen LogP contribution in [-0.2, 0) is 10.0 Å². The van der Waals surface area contributed by atoms with E-state index in [-0.39, 0.29) is 18.2 Å². The van der Waals surface area contributed by atoms with Gasteiger partial charge in [0.15, 0.2) is 0 Å². The second-order valence-electron chi connectivity index (χ2n) is 4.26. The Labute approximate surface area is 92.3 Å². The molecule has 0 aromatic carbocycles. The average Bonchev–Trinajstić information content (AvgIpc) is 2.62. The van der Waals surface area contributed by atoms with Crippen molar-refractivity contribution in [1.82, 2.24) is 4.31 Å². The van der Waals surface area contributed by atoms with Crippen molar-refractivity contribution in [1.29, 1.82) is 0 Å². The standard InChI is InChI=1S/C10H21NO3S/c1-3-9(4-2)8-15(13,14)11-6-5-10(12)7-11/h9-10,12H,3-8H2,1-2H3/t10-/m0/s1. The largest absolute Gasteiger partial charge is 0.392 e. The van der Waals surface area contributed by atoms with Gasteiger partial charge in [-0.3, -0.25) is 0 Å². The Bertz CT molecular complexity index is 285. The van der Waals surface area contributed by atoms with Crippen LogP contribution in [0.1, 0.15) is 33.1 Å². The van der Waals surface area contributed by atoms with Gasteiger partial charge in [0.2, 0.25) is 10.0 Å². The summed E-state index contributed by atoms with van der Waals surface area (Å²) >= 11 is 0. The highest BCUT2D eigenvalue weighted by molar-refractivity contribution is 7.89. The van der Waals surface area contributed by atoms with Crippen LogP contribution in [-0.4, -0.2) is 42.8 Å². The van der Waals surface area contributed by atoms with Gasteiger partial charge in [-0.2, -0.15) is 4.31 Å². The number of aliphatic hydroxyl groups excluding tert-OH is 1. The first kappa shape index (κ1) is 12.9. The number of β-amino-alcohol motifs (C(OH)–C–C–N with tert-alkyl or cyclic N) is 1. The van der Waals surface area contributed by atoms with Crippen molar-refractivity contribution < 1.29 is 13.5 Å². The Morgan fingerprint density at radius 1 is 1.40 bits per heavy atom. The fraction of sp³-hybridized carbons (Fsp3) is 1.00. The molecule has 1 heterocycles. The number of nitrogens with zero attached hydrogens (tertiary/aromatic N) is 1. The van der Waals surface area contributed by atoms with E-state index in [1.54, 1.807) is 0 Å². The van der Waals surface area contributed by atoms with E-state index in [1.165, 1.54) is 4.31 Å². The van der Waals surface area contributed by atoms with Crippen LogP contribution in [0.4, 0.5) is 0 Å². The van der Waals surface area contributed by atoms with E-state index in [4.69, 9.17) is 0 Å². The van der Waals surface area contributed by atoms with Gasteiger partial charge in [-0.15, -0.1) is 0 Å². The van der Waals surface area contributed by atoms with E-state index in [0.717, 1.165) is 12.8 Å². The van der Waals surface area contributed by atoms with Crippen molar-refractivity contribution >= 4 is 10.0 Å². The van der Waals surface area contributed by atoms with Gasteiger partial charge in [-0.05, 0) is 12.3 Å². The molecule has 1 atom stereocenters. The molecule has 0 radical (unpaired) electrons. The number of rotatable bonds is 5. The molecule has 1 N–H and O–H groups in total. The third-order valence-electron chi connectivity index (χ3n) is 3.12. The van der Waals surface area contributed by atoms with Crippen molar-refractivity contribution in [2.45, 2.75) is 39.2 Å². The van der Waals surface area contributed by atoms with Crippen LogP contribution in [0, 0.1) is 5.92 Å². The van der Waals surface area contributed by atoms with Gasteiger partial charge in [0.05, 0.1) is 11.9 Å². The Kier molecular flexibility index (Phi) is 4.55. The summed E-state index contributed by atoms with van der Waals surface area (Å²) in [4.78, 5) is 0. The highest BCUT2D eigenvalue weighted by atomic mass is 32.2. The van der Waals surface area contributed by atoms with E-state index in [9.17, 15) is 13.5 Å². The third kappa shape index (κ3) is 3.43. The van der Waals surface area contributed by atoms with Crippen molar-refractivity contribution in [2.75, 3.05) is 18.8 Å². The summed E-state index contributed by atoms with van der Waals surface area (Å²) in [5.41, 5.74) is 0. The van der Waals surface area contributed by atoms with Crippen molar-refractivity contribution in [3.05, 3.63) is 0 Å². The second-order valence-corrected chi connectivity index (χ2v) is 6.28. The maximum atomic E-state index is 11.9. The lowest BCUT2D eigenvalue weighted by molar-refractivity contribution is 0.189. The van der Waals surface area contributed by atoms with Crippen LogP contribution in [0.2, 0.25) is 0 Å². The molecule has 4 nitrogen and oxygen atoms in total. The normalized spacial score (nSPS) is 23.9. The highest BCUT2D eigenvalue weighted by Gasteiger charge is 2.31. The first-order valence-corrected chi connectivity index (χ1v) is 7.26. The smallest absolute Gasteiger partial charge is 0.214 e. The van der Waals surface area contributed by atoms with Crippen molar-refractivity contribution in [3.63, 3.8) is 0 Å². The fourth-order valence-electron chi connectivity index (χ4n) is 1.89. The molecule has 0 amide bonds. The molecule has 1 saturated heterocycles. The van der Waals surface area contributed by atoms with Gasteiger partial charge in [-0.1, -0.05) is 26.7 Å². The summed E-state index contributed by atoms with van der Waals surface area (Å²) in [6.07, 6.45) is 1.89. The molecule has 1 aliphatic heterocycles. The molecular formula is C10H21NO3S. The van der Waals surface area contributed by atoms with E-state index < -0.39 is 16.1 Å². The Hall–Kier alpha value is -0.130. The number of hydrogen-bond acceptors (Lipinski definition) is 3. The van der Waals surface area contributed by atoms with Crippen LogP contribution in [0.5, 0.6) is 0 Å². The Morgan fingerprint density at radius 2 is 2.00 bits per heavy atom. The predicted molar refractivity (Wildman–Crippen MR) is 60.1 cm³/mol. The van der Waals surface area contributed by atoms with Gasteiger partial charge < -0.3 is 5.11 Å². The molecule has 15 heavy (non-hydrogen) atoms. The summed E-state index contributed by atoms with van der Waals surface area (Å²) < 4.78 is 25.3. The fourth-order valence-corrected chi connectivity index (χ4v) is 3.95. The molecule has 1 rings (SSSR count). The molecule has 90 valence electrons. The maximum absolute atomic E-state index is 11.9. The van der Waals surface area contributed by atoms with Crippen LogP contribution in [0.15, 0.2) is 0 Å². The van der Waals surface area contributed by atoms with E-state index in [0.29, 0.717) is 13.0 Å². The topological polar surface area (TPSA) is 57.6 Å².